The van der Waals surface area contributed by atoms with Gasteiger partial charge in [0.25, 0.3) is 5.91 Å². The summed E-state index contributed by atoms with van der Waals surface area (Å²) in [6, 6.07) is 3.77. The van der Waals surface area contributed by atoms with Crippen LogP contribution in [0.15, 0.2) is 18.3 Å². The first-order valence-electron chi connectivity index (χ1n) is 6.98. The molecule has 1 aliphatic carbocycles. The van der Waals surface area contributed by atoms with E-state index >= 15 is 0 Å². The highest BCUT2D eigenvalue weighted by Gasteiger charge is 2.20. The van der Waals surface area contributed by atoms with Crippen LogP contribution in [0.3, 0.4) is 0 Å². The molecule has 104 valence electrons. The number of ether oxygens (including phenoxy) is 1. The molecule has 0 aliphatic heterocycles. The minimum absolute atomic E-state index is 0.118. The number of pyridine rings is 1. The van der Waals surface area contributed by atoms with Crippen molar-refractivity contribution in [2.24, 2.45) is 5.92 Å². The monoisotopic (exact) mass is 262 g/mol. The number of hydrogen-bond acceptors (Lipinski definition) is 3. The van der Waals surface area contributed by atoms with Gasteiger partial charge in [-0.25, -0.2) is 4.98 Å². The summed E-state index contributed by atoms with van der Waals surface area (Å²) in [5, 5.41) is 2.79. The molecule has 4 nitrogen and oxygen atoms in total. The maximum atomic E-state index is 11.8. The smallest absolute Gasteiger partial charge is 0.251 e. The predicted molar refractivity (Wildman–Crippen MR) is 75.0 cm³/mol. The SMILES string of the molecule is Cc1cccnc1NC(=O)CO[C@H]1CCC[C@H](C)C1. The van der Waals surface area contributed by atoms with Crippen LogP contribution in [-0.2, 0) is 9.53 Å². The highest BCUT2D eigenvalue weighted by molar-refractivity contribution is 5.91. The van der Waals surface area contributed by atoms with E-state index in [1.807, 2.05) is 19.1 Å². The molecule has 1 heterocycles. The normalized spacial score (nSPS) is 23.1. The Kier molecular flexibility index (Phi) is 4.91. The van der Waals surface area contributed by atoms with Crippen LogP contribution in [0.5, 0.6) is 0 Å². The molecule has 0 unspecified atom stereocenters. The Morgan fingerprint density at radius 2 is 2.37 bits per heavy atom. The number of rotatable bonds is 4. The summed E-state index contributed by atoms with van der Waals surface area (Å²) in [5.74, 6) is 1.20. The summed E-state index contributed by atoms with van der Waals surface area (Å²) < 4.78 is 5.69. The maximum absolute atomic E-state index is 11.8. The van der Waals surface area contributed by atoms with Gasteiger partial charge in [-0.2, -0.15) is 0 Å². The number of anilines is 1. The number of nitrogens with one attached hydrogen (secondary N) is 1. The van der Waals surface area contributed by atoms with Crippen molar-refractivity contribution < 1.29 is 9.53 Å². The minimum atomic E-state index is -0.125. The lowest BCUT2D eigenvalue weighted by molar-refractivity contribution is -0.123. The molecule has 0 aromatic carbocycles. The van der Waals surface area contributed by atoms with Crippen LogP contribution in [-0.4, -0.2) is 23.6 Å². The Hall–Kier alpha value is -1.42. The third-order valence-corrected chi connectivity index (χ3v) is 3.61. The van der Waals surface area contributed by atoms with Crippen molar-refractivity contribution in [2.75, 3.05) is 11.9 Å². The molecule has 1 aliphatic rings. The zero-order valence-electron chi connectivity index (χ0n) is 11.7. The van der Waals surface area contributed by atoms with Gasteiger partial charge in [0.1, 0.15) is 12.4 Å². The van der Waals surface area contributed by atoms with Crippen LogP contribution in [0.4, 0.5) is 5.82 Å². The number of aryl methyl sites for hydroxylation is 1. The van der Waals surface area contributed by atoms with Crippen molar-refractivity contribution in [1.29, 1.82) is 0 Å². The van der Waals surface area contributed by atoms with E-state index < -0.39 is 0 Å². The van der Waals surface area contributed by atoms with E-state index in [4.69, 9.17) is 4.74 Å². The summed E-state index contributed by atoms with van der Waals surface area (Å²) in [6.07, 6.45) is 6.52. The van der Waals surface area contributed by atoms with Crippen LogP contribution in [0.2, 0.25) is 0 Å². The van der Waals surface area contributed by atoms with Gasteiger partial charge < -0.3 is 10.1 Å². The van der Waals surface area contributed by atoms with E-state index in [9.17, 15) is 4.79 Å². The fraction of sp³-hybridized carbons (Fsp3) is 0.600. The molecule has 1 amide bonds. The number of amides is 1. The molecule has 1 fully saturated rings. The van der Waals surface area contributed by atoms with Gasteiger partial charge in [-0.3, -0.25) is 4.79 Å². The van der Waals surface area contributed by atoms with Crippen LogP contribution in [0.25, 0.3) is 0 Å². The number of aromatic nitrogens is 1. The Morgan fingerprint density at radius 1 is 1.53 bits per heavy atom. The molecule has 1 aromatic heterocycles. The van der Waals surface area contributed by atoms with Crippen LogP contribution < -0.4 is 5.32 Å². The van der Waals surface area contributed by atoms with Crippen molar-refractivity contribution in [3.63, 3.8) is 0 Å². The average molecular weight is 262 g/mol. The molecule has 1 aromatic rings. The van der Waals surface area contributed by atoms with E-state index in [2.05, 4.69) is 17.2 Å². The Labute approximate surface area is 114 Å². The van der Waals surface area contributed by atoms with E-state index in [1.54, 1.807) is 6.20 Å². The molecule has 0 saturated heterocycles. The van der Waals surface area contributed by atoms with Crippen LogP contribution in [0, 0.1) is 12.8 Å². The van der Waals surface area contributed by atoms with Crippen LogP contribution >= 0.6 is 0 Å². The average Bonchev–Trinajstić information content (AvgIpc) is 2.39. The lowest BCUT2D eigenvalue weighted by Crippen LogP contribution is -2.27. The lowest BCUT2D eigenvalue weighted by Gasteiger charge is -2.26. The summed E-state index contributed by atoms with van der Waals surface area (Å²) in [4.78, 5) is 16.0. The zero-order chi connectivity index (χ0) is 13.7. The maximum Gasteiger partial charge on any atom is 0.251 e. The molecule has 2 atom stereocenters. The Balaban J connectivity index is 1.77. The van der Waals surface area contributed by atoms with Gasteiger partial charge in [0.2, 0.25) is 0 Å². The van der Waals surface area contributed by atoms with Crippen molar-refractivity contribution >= 4 is 11.7 Å². The first-order chi connectivity index (χ1) is 9.15. The zero-order valence-corrected chi connectivity index (χ0v) is 11.7. The lowest BCUT2D eigenvalue weighted by atomic mass is 9.89. The quantitative estimate of drug-likeness (QED) is 0.907. The number of carbonyl (C=O) groups is 1. The number of nitrogens with zero attached hydrogens (tertiary/aromatic N) is 1. The molecule has 1 N–H and O–H groups in total. The highest BCUT2D eigenvalue weighted by atomic mass is 16.5. The van der Waals surface area contributed by atoms with Gasteiger partial charge in [-0.05, 0) is 37.3 Å². The second-order valence-electron chi connectivity index (χ2n) is 5.42. The van der Waals surface area contributed by atoms with E-state index in [0.29, 0.717) is 11.7 Å². The third kappa shape index (κ3) is 4.31. The molecular formula is C15H22N2O2. The Morgan fingerprint density at radius 3 is 3.11 bits per heavy atom. The molecule has 0 spiro atoms. The van der Waals surface area contributed by atoms with Crippen LogP contribution in [0.1, 0.15) is 38.2 Å². The predicted octanol–water partition coefficient (Wildman–Crippen LogP) is 2.92. The summed E-state index contributed by atoms with van der Waals surface area (Å²) in [6.45, 7) is 4.28. The van der Waals surface area contributed by atoms with E-state index in [-0.39, 0.29) is 18.6 Å². The largest absolute Gasteiger partial charge is 0.368 e. The molecule has 1 saturated carbocycles. The molecule has 0 bridgehead atoms. The molecular weight excluding hydrogens is 240 g/mol. The molecule has 19 heavy (non-hydrogen) atoms. The standard InChI is InChI=1S/C15H22N2O2/c1-11-5-3-7-13(9-11)19-10-14(18)17-15-12(2)6-4-8-16-15/h4,6,8,11,13H,3,5,7,9-10H2,1-2H3,(H,16,17,18)/t11-,13-/m0/s1. The summed E-state index contributed by atoms with van der Waals surface area (Å²) in [5.41, 5.74) is 0.960. The summed E-state index contributed by atoms with van der Waals surface area (Å²) in [7, 11) is 0. The highest BCUT2D eigenvalue weighted by Crippen LogP contribution is 2.25. The first kappa shape index (κ1) is 14.0. The molecule has 0 radical (unpaired) electrons. The summed E-state index contributed by atoms with van der Waals surface area (Å²) >= 11 is 0. The van der Waals surface area contributed by atoms with Crippen molar-refractivity contribution in [1.82, 2.24) is 4.98 Å². The van der Waals surface area contributed by atoms with Gasteiger partial charge >= 0.3 is 0 Å². The fourth-order valence-electron chi connectivity index (χ4n) is 2.51. The van der Waals surface area contributed by atoms with Gasteiger partial charge in [0.15, 0.2) is 0 Å². The van der Waals surface area contributed by atoms with Gasteiger partial charge in [-0.1, -0.05) is 25.8 Å². The number of hydrogen-bond donors (Lipinski definition) is 1. The number of carbonyl (C=O) groups excluding carboxylic acids is 1. The molecule has 2 rings (SSSR count). The van der Waals surface area contributed by atoms with Gasteiger partial charge in [0.05, 0.1) is 6.10 Å². The minimum Gasteiger partial charge on any atom is -0.368 e. The second-order valence-corrected chi connectivity index (χ2v) is 5.42. The van der Waals surface area contributed by atoms with Crippen molar-refractivity contribution in [3.05, 3.63) is 23.9 Å². The topological polar surface area (TPSA) is 51.2 Å². The van der Waals surface area contributed by atoms with E-state index in [1.165, 1.54) is 12.8 Å². The van der Waals surface area contributed by atoms with Crippen molar-refractivity contribution in [3.8, 4) is 0 Å². The Bertz CT molecular complexity index is 434. The first-order valence-corrected chi connectivity index (χ1v) is 6.98. The molecule has 4 heteroatoms. The van der Waals surface area contributed by atoms with Gasteiger partial charge in [0, 0.05) is 6.20 Å². The van der Waals surface area contributed by atoms with Gasteiger partial charge in [-0.15, -0.1) is 0 Å². The van der Waals surface area contributed by atoms with E-state index in [0.717, 1.165) is 18.4 Å². The second kappa shape index (κ2) is 6.66. The fourth-order valence-corrected chi connectivity index (χ4v) is 2.51. The van der Waals surface area contributed by atoms with Crippen molar-refractivity contribution in [2.45, 2.75) is 45.6 Å². The third-order valence-electron chi connectivity index (χ3n) is 3.61.